The Morgan fingerprint density at radius 1 is 1.43 bits per heavy atom. The van der Waals surface area contributed by atoms with E-state index >= 15 is 0 Å². The summed E-state index contributed by atoms with van der Waals surface area (Å²) in [4.78, 5) is 0. The average molecular weight is 196 g/mol. The van der Waals surface area contributed by atoms with Crippen molar-refractivity contribution in [2.24, 2.45) is 0 Å². The van der Waals surface area contributed by atoms with Gasteiger partial charge in [0.25, 0.3) is 0 Å². The molecule has 1 rings (SSSR count). The summed E-state index contributed by atoms with van der Waals surface area (Å²) >= 11 is 0. The monoisotopic (exact) mass is 196 g/mol. The number of aliphatic hydroxyl groups is 1. The van der Waals surface area contributed by atoms with Gasteiger partial charge in [0.15, 0.2) is 0 Å². The van der Waals surface area contributed by atoms with Crippen LogP contribution >= 0.6 is 0 Å². The summed E-state index contributed by atoms with van der Waals surface area (Å²) in [5.41, 5.74) is 0.354. The van der Waals surface area contributed by atoms with Crippen molar-refractivity contribution in [3.05, 3.63) is 35.1 Å². The van der Waals surface area contributed by atoms with Crippen LogP contribution in [0.1, 0.15) is 37.8 Å². The fourth-order valence-corrected chi connectivity index (χ4v) is 1.56. The molecule has 1 N–H and O–H groups in total. The molecule has 0 spiro atoms. The summed E-state index contributed by atoms with van der Waals surface area (Å²) in [7, 11) is 0. The largest absolute Gasteiger partial charge is 0.385 e. The van der Waals surface area contributed by atoms with Gasteiger partial charge >= 0.3 is 0 Å². The first kappa shape index (κ1) is 11.2. The Morgan fingerprint density at radius 3 is 2.57 bits per heavy atom. The van der Waals surface area contributed by atoms with Gasteiger partial charge < -0.3 is 5.11 Å². The summed E-state index contributed by atoms with van der Waals surface area (Å²) < 4.78 is 13.2. The van der Waals surface area contributed by atoms with Gasteiger partial charge in [-0.05, 0) is 37.5 Å². The van der Waals surface area contributed by atoms with Gasteiger partial charge in [0.2, 0.25) is 0 Å². The highest BCUT2D eigenvalue weighted by Crippen LogP contribution is 2.26. The fourth-order valence-electron chi connectivity index (χ4n) is 1.56. The third kappa shape index (κ3) is 2.32. The van der Waals surface area contributed by atoms with Crippen LogP contribution in [-0.2, 0) is 5.60 Å². The van der Waals surface area contributed by atoms with Crippen molar-refractivity contribution >= 4 is 0 Å². The molecule has 0 aromatic heterocycles. The lowest BCUT2D eigenvalue weighted by Crippen LogP contribution is -2.20. The van der Waals surface area contributed by atoms with Crippen molar-refractivity contribution in [1.82, 2.24) is 0 Å². The van der Waals surface area contributed by atoms with E-state index in [9.17, 15) is 9.50 Å². The van der Waals surface area contributed by atoms with Crippen LogP contribution in [0.25, 0.3) is 0 Å². The quantitative estimate of drug-likeness (QED) is 0.787. The van der Waals surface area contributed by atoms with E-state index in [-0.39, 0.29) is 5.82 Å². The maximum absolute atomic E-state index is 13.2. The lowest BCUT2D eigenvalue weighted by atomic mass is 9.91. The molecule has 1 atom stereocenters. The molecule has 0 unspecified atom stereocenters. The van der Waals surface area contributed by atoms with Gasteiger partial charge in [0.1, 0.15) is 5.82 Å². The molecule has 0 fully saturated rings. The Bertz CT molecular complexity index is 318. The first-order valence-corrected chi connectivity index (χ1v) is 4.96. The van der Waals surface area contributed by atoms with Crippen LogP contribution in [0.4, 0.5) is 4.39 Å². The summed E-state index contributed by atoms with van der Waals surface area (Å²) in [6.07, 6.45) is 1.53. The first-order chi connectivity index (χ1) is 6.47. The zero-order chi connectivity index (χ0) is 10.8. The molecule has 1 aromatic carbocycles. The number of benzene rings is 1. The van der Waals surface area contributed by atoms with Gasteiger partial charge in [-0.3, -0.25) is 0 Å². The summed E-state index contributed by atoms with van der Waals surface area (Å²) in [6.45, 7) is 5.44. The summed E-state index contributed by atoms with van der Waals surface area (Å²) in [5.74, 6) is -0.251. The molecule has 0 bridgehead atoms. The standard InChI is InChI=1S/C12H17FO/c1-4-7-12(3,14)10-6-5-9(2)11(13)8-10/h5-6,8,14H,4,7H2,1-3H3/t12-/m0/s1. The topological polar surface area (TPSA) is 20.2 Å². The molecule has 1 nitrogen and oxygen atoms in total. The number of hydrogen-bond donors (Lipinski definition) is 1. The van der Waals surface area contributed by atoms with Gasteiger partial charge in [0.05, 0.1) is 5.60 Å². The van der Waals surface area contributed by atoms with Crippen LogP contribution in [0.5, 0.6) is 0 Å². The van der Waals surface area contributed by atoms with Crippen molar-refractivity contribution in [2.75, 3.05) is 0 Å². The van der Waals surface area contributed by atoms with Crippen molar-refractivity contribution in [3.8, 4) is 0 Å². The van der Waals surface area contributed by atoms with E-state index in [4.69, 9.17) is 0 Å². The van der Waals surface area contributed by atoms with Gasteiger partial charge in [-0.15, -0.1) is 0 Å². The van der Waals surface area contributed by atoms with Gasteiger partial charge in [-0.1, -0.05) is 25.5 Å². The normalized spacial score (nSPS) is 15.2. The third-order valence-corrected chi connectivity index (χ3v) is 2.53. The SMILES string of the molecule is CCC[C@](C)(O)c1ccc(C)c(F)c1. The minimum Gasteiger partial charge on any atom is -0.385 e. The molecule has 0 amide bonds. The Kier molecular flexibility index (Phi) is 3.27. The Labute approximate surface area is 84.6 Å². The number of hydrogen-bond acceptors (Lipinski definition) is 1. The summed E-state index contributed by atoms with van der Waals surface area (Å²) in [6, 6.07) is 4.91. The molecule has 0 aliphatic carbocycles. The van der Waals surface area contributed by atoms with Crippen LogP contribution < -0.4 is 0 Å². The van der Waals surface area contributed by atoms with E-state index in [0.29, 0.717) is 17.5 Å². The third-order valence-electron chi connectivity index (χ3n) is 2.53. The van der Waals surface area contributed by atoms with Crippen LogP contribution in [0, 0.1) is 12.7 Å². The number of rotatable bonds is 3. The van der Waals surface area contributed by atoms with E-state index in [1.54, 1.807) is 26.0 Å². The van der Waals surface area contributed by atoms with E-state index < -0.39 is 5.60 Å². The smallest absolute Gasteiger partial charge is 0.126 e. The molecule has 0 heterocycles. The highest BCUT2D eigenvalue weighted by atomic mass is 19.1. The van der Waals surface area contributed by atoms with Gasteiger partial charge in [-0.25, -0.2) is 4.39 Å². The molecule has 78 valence electrons. The Balaban J connectivity index is 3.01. The second-order valence-corrected chi connectivity index (χ2v) is 3.99. The highest BCUT2D eigenvalue weighted by molar-refractivity contribution is 5.27. The van der Waals surface area contributed by atoms with Crippen LogP contribution in [0.3, 0.4) is 0 Å². The second kappa shape index (κ2) is 4.09. The molecule has 0 saturated heterocycles. The Morgan fingerprint density at radius 2 is 2.07 bits per heavy atom. The van der Waals surface area contributed by atoms with Crippen LogP contribution in [0.15, 0.2) is 18.2 Å². The molecule has 0 radical (unpaired) electrons. The lowest BCUT2D eigenvalue weighted by molar-refractivity contribution is 0.0466. The minimum atomic E-state index is -0.913. The maximum Gasteiger partial charge on any atom is 0.126 e. The highest BCUT2D eigenvalue weighted by Gasteiger charge is 2.22. The van der Waals surface area contributed by atoms with E-state index in [1.165, 1.54) is 6.07 Å². The predicted octanol–water partition coefficient (Wildman–Crippen LogP) is 3.14. The van der Waals surface area contributed by atoms with Crippen LogP contribution in [0.2, 0.25) is 0 Å². The second-order valence-electron chi connectivity index (χ2n) is 3.99. The van der Waals surface area contributed by atoms with Gasteiger partial charge in [-0.2, -0.15) is 0 Å². The minimum absolute atomic E-state index is 0.251. The summed E-state index contributed by atoms with van der Waals surface area (Å²) in [5, 5.41) is 10.0. The zero-order valence-corrected chi connectivity index (χ0v) is 8.97. The Hall–Kier alpha value is -0.890. The van der Waals surface area contributed by atoms with Crippen molar-refractivity contribution < 1.29 is 9.50 Å². The molecule has 2 heteroatoms. The van der Waals surface area contributed by atoms with Crippen molar-refractivity contribution in [3.63, 3.8) is 0 Å². The van der Waals surface area contributed by atoms with E-state index in [2.05, 4.69) is 0 Å². The lowest BCUT2D eigenvalue weighted by Gasteiger charge is -2.23. The van der Waals surface area contributed by atoms with Crippen LogP contribution in [-0.4, -0.2) is 5.11 Å². The first-order valence-electron chi connectivity index (χ1n) is 4.96. The molecule has 0 aliphatic rings. The number of halogens is 1. The molecule has 1 aromatic rings. The maximum atomic E-state index is 13.2. The molecular formula is C12H17FO. The molecular weight excluding hydrogens is 179 g/mol. The predicted molar refractivity (Wildman–Crippen MR) is 55.6 cm³/mol. The van der Waals surface area contributed by atoms with E-state index in [1.807, 2.05) is 6.92 Å². The van der Waals surface area contributed by atoms with Crippen molar-refractivity contribution in [1.29, 1.82) is 0 Å². The van der Waals surface area contributed by atoms with Gasteiger partial charge in [0, 0.05) is 0 Å². The fraction of sp³-hybridized carbons (Fsp3) is 0.500. The molecule has 14 heavy (non-hydrogen) atoms. The zero-order valence-electron chi connectivity index (χ0n) is 8.97. The molecule has 0 aliphatic heterocycles. The van der Waals surface area contributed by atoms with Crippen molar-refractivity contribution in [2.45, 2.75) is 39.2 Å². The number of aryl methyl sites for hydroxylation is 1. The molecule has 0 saturated carbocycles. The average Bonchev–Trinajstić information content (AvgIpc) is 2.09. The van der Waals surface area contributed by atoms with E-state index in [0.717, 1.165) is 6.42 Å².